The van der Waals surface area contributed by atoms with E-state index in [1.54, 1.807) is 0 Å². The molecular formula is C24H44O20. The first kappa shape index (κ1) is 37.7. The lowest BCUT2D eigenvalue weighted by molar-refractivity contribution is -0.341. The van der Waals surface area contributed by atoms with Crippen molar-refractivity contribution in [1.29, 1.82) is 0 Å². The van der Waals surface area contributed by atoms with Crippen molar-refractivity contribution in [1.82, 2.24) is 0 Å². The normalized spacial score (nSPS) is 50.0. The number of hydrogen-bond acceptors (Lipinski definition) is 20. The minimum Gasteiger partial charge on any atom is -0.394 e. The molecule has 4 rings (SSSR count). The average Bonchev–Trinajstić information content (AvgIpc) is 3.02. The molecule has 0 radical (unpaired) electrons. The molecule has 18 atom stereocenters. The summed E-state index contributed by atoms with van der Waals surface area (Å²) in [5.41, 5.74) is 0. The quantitative estimate of drug-likeness (QED) is 0.116. The van der Waals surface area contributed by atoms with Crippen LogP contribution in [-0.2, 0) is 37.9 Å². The Hall–Kier alpha value is -0.800. The van der Waals surface area contributed by atoms with Gasteiger partial charge < -0.3 is 99.2 Å². The zero-order valence-corrected chi connectivity index (χ0v) is 23.9. The zero-order valence-electron chi connectivity index (χ0n) is 23.9. The van der Waals surface area contributed by atoms with Gasteiger partial charge in [0.2, 0.25) is 0 Å². The van der Waals surface area contributed by atoms with Crippen molar-refractivity contribution in [2.45, 2.75) is 111 Å². The molecule has 12 N–H and O–H groups in total. The van der Waals surface area contributed by atoms with Gasteiger partial charge in [-0.25, -0.2) is 0 Å². The first-order valence-corrected chi connectivity index (χ1v) is 13.7. The van der Waals surface area contributed by atoms with Crippen molar-refractivity contribution in [3.63, 3.8) is 0 Å². The van der Waals surface area contributed by atoms with Crippen molar-refractivity contribution in [3.05, 3.63) is 0 Å². The van der Waals surface area contributed by atoms with E-state index in [2.05, 4.69) is 0 Å². The Bertz CT molecular complexity index is 772. The summed E-state index contributed by atoms with van der Waals surface area (Å²) in [6, 6.07) is 0. The van der Waals surface area contributed by atoms with E-state index in [1.807, 2.05) is 0 Å². The molecule has 44 heavy (non-hydrogen) atoms. The standard InChI is InChI=1S/2C12H22O10/c2*1-19-11-9(17)7(15)5(3-20-11)22-12-10(18)8(16)6(14)4(2-13)21-12/h2*4-18H,2-3H2,1H3/t2*4-,5-,6-,7+,8+,9-,10+,11-,12+/m11/s1. The van der Waals surface area contributed by atoms with Gasteiger partial charge in [-0.2, -0.15) is 0 Å². The lowest BCUT2D eigenvalue weighted by Gasteiger charge is -2.43. The molecule has 4 saturated heterocycles. The molecule has 4 aliphatic heterocycles. The third-order valence-corrected chi connectivity index (χ3v) is 7.65. The van der Waals surface area contributed by atoms with E-state index in [9.17, 15) is 51.1 Å². The van der Waals surface area contributed by atoms with Crippen LogP contribution in [0.2, 0.25) is 0 Å². The molecule has 0 aromatic rings. The molecular weight excluding hydrogens is 608 g/mol. The first-order chi connectivity index (χ1) is 20.8. The molecule has 20 nitrogen and oxygen atoms in total. The molecule has 260 valence electrons. The van der Waals surface area contributed by atoms with Gasteiger partial charge >= 0.3 is 0 Å². The highest BCUT2D eigenvalue weighted by atomic mass is 16.7. The van der Waals surface area contributed by atoms with Gasteiger partial charge in [0.05, 0.1) is 26.4 Å². The predicted molar refractivity (Wildman–Crippen MR) is 135 cm³/mol. The van der Waals surface area contributed by atoms with Crippen molar-refractivity contribution >= 4 is 0 Å². The van der Waals surface area contributed by atoms with E-state index in [-0.39, 0.29) is 13.2 Å². The Morgan fingerprint density at radius 3 is 1.07 bits per heavy atom. The number of aliphatic hydroxyl groups excluding tert-OH is 12. The van der Waals surface area contributed by atoms with E-state index >= 15 is 0 Å². The maximum Gasteiger partial charge on any atom is 0.187 e. The second kappa shape index (κ2) is 16.9. The van der Waals surface area contributed by atoms with Crippen molar-refractivity contribution in [3.8, 4) is 0 Å². The molecule has 0 aromatic heterocycles. The van der Waals surface area contributed by atoms with Crippen molar-refractivity contribution < 1.29 is 99.2 Å². The largest absolute Gasteiger partial charge is 0.394 e. The Kier molecular flexibility index (Phi) is 14.4. The van der Waals surface area contributed by atoms with Crippen LogP contribution in [0.25, 0.3) is 0 Å². The summed E-state index contributed by atoms with van der Waals surface area (Å²) in [4.78, 5) is 0. The smallest absolute Gasteiger partial charge is 0.187 e. The molecule has 0 aromatic carbocycles. The van der Waals surface area contributed by atoms with E-state index in [0.717, 1.165) is 0 Å². The summed E-state index contributed by atoms with van der Waals surface area (Å²) in [6.45, 7) is -1.48. The molecule has 0 bridgehead atoms. The minimum absolute atomic E-state index is 0.147. The molecule has 0 spiro atoms. The summed E-state index contributed by atoms with van der Waals surface area (Å²) in [6.07, 6.45) is -24.0. The number of methoxy groups -OCH3 is 2. The summed E-state index contributed by atoms with van der Waals surface area (Å²) < 4.78 is 40.9. The Morgan fingerprint density at radius 1 is 0.455 bits per heavy atom. The fourth-order valence-electron chi connectivity index (χ4n) is 4.89. The molecule has 4 aliphatic rings. The average molecular weight is 653 g/mol. The Balaban J connectivity index is 0.000000240. The lowest BCUT2D eigenvalue weighted by atomic mass is 9.99. The van der Waals surface area contributed by atoms with Gasteiger partial charge in [0, 0.05) is 14.2 Å². The Morgan fingerprint density at radius 2 is 0.773 bits per heavy atom. The molecule has 0 saturated carbocycles. The van der Waals surface area contributed by atoms with Crippen LogP contribution < -0.4 is 0 Å². The predicted octanol–water partition coefficient (Wildman–Crippen LogP) is -8.21. The van der Waals surface area contributed by atoms with Gasteiger partial charge in [-0.3, -0.25) is 0 Å². The highest BCUT2D eigenvalue weighted by Crippen LogP contribution is 2.28. The van der Waals surface area contributed by atoms with Gasteiger partial charge in [-0.05, 0) is 0 Å². The van der Waals surface area contributed by atoms with Crippen LogP contribution in [0.5, 0.6) is 0 Å². The van der Waals surface area contributed by atoms with Crippen LogP contribution in [0.3, 0.4) is 0 Å². The summed E-state index contributed by atoms with van der Waals surface area (Å²) in [7, 11) is 2.61. The highest BCUT2D eigenvalue weighted by molar-refractivity contribution is 4.92. The van der Waals surface area contributed by atoms with Crippen LogP contribution in [0.15, 0.2) is 0 Å². The van der Waals surface area contributed by atoms with Crippen molar-refractivity contribution in [2.75, 3.05) is 40.6 Å². The van der Waals surface area contributed by atoms with E-state index < -0.39 is 124 Å². The van der Waals surface area contributed by atoms with Crippen LogP contribution in [-0.4, -0.2) is 213 Å². The van der Waals surface area contributed by atoms with E-state index in [1.165, 1.54) is 14.2 Å². The molecule has 4 heterocycles. The highest BCUT2D eigenvalue weighted by Gasteiger charge is 2.49. The lowest BCUT2D eigenvalue weighted by Crippen LogP contribution is -2.62. The monoisotopic (exact) mass is 652 g/mol. The summed E-state index contributed by atoms with van der Waals surface area (Å²) in [5.74, 6) is 0. The fraction of sp³-hybridized carbons (Fsp3) is 1.00. The van der Waals surface area contributed by atoms with Crippen LogP contribution in [0.1, 0.15) is 0 Å². The van der Waals surface area contributed by atoms with Gasteiger partial charge in [0.1, 0.15) is 85.5 Å². The van der Waals surface area contributed by atoms with Gasteiger partial charge in [0.25, 0.3) is 0 Å². The van der Waals surface area contributed by atoms with Crippen LogP contribution >= 0.6 is 0 Å². The maximum absolute atomic E-state index is 9.96. The van der Waals surface area contributed by atoms with Crippen LogP contribution in [0, 0.1) is 0 Å². The number of aliphatic hydroxyl groups is 12. The molecule has 4 fully saturated rings. The van der Waals surface area contributed by atoms with Gasteiger partial charge in [-0.1, -0.05) is 0 Å². The molecule has 0 aliphatic carbocycles. The second-order valence-electron chi connectivity index (χ2n) is 10.6. The van der Waals surface area contributed by atoms with Crippen molar-refractivity contribution in [2.24, 2.45) is 0 Å². The second-order valence-corrected chi connectivity index (χ2v) is 10.6. The SMILES string of the molecule is CO[C@@H]1OC[C@@H](O[C@@H]2O[C@H](CO)[C@@H](O)[C@H](O)[C@@H]2O)[C@H](O)[C@H]1O.CO[C@@H]1OC[C@@H](O[C@@H]2O[C@H](CO)[C@@H](O)[C@H](O)[C@@H]2O)[C@H](O)[C@H]1O. The summed E-state index contributed by atoms with van der Waals surface area (Å²) >= 11 is 0. The van der Waals surface area contributed by atoms with Gasteiger partial charge in [0.15, 0.2) is 25.2 Å². The first-order valence-electron chi connectivity index (χ1n) is 13.7. The third-order valence-electron chi connectivity index (χ3n) is 7.65. The topological polar surface area (TPSA) is 317 Å². The van der Waals surface area contributed by atoms with Gasteiger partial charge in [-0.15, -0.1) is 0 Å². The molecule has 20 heteroatoms. The minimum atomic E-state index is -1.60. The number of ether oxygens (including phenoxy) is 8. The maximum atomic E-state index is 9.96. The zero-order chi connectivity index (χ0) is 32.9. The fourth-order valence-corrected chi connectivity index (χ4v) is 4.89. The summed E-state index contributed by atoms with van der Waals surface area (Å²) in [5, 5.41) is 116. The third kappa shape index (κ3) is 8.37. The number of rotatable bonds is 8. The number of hydrogen-bond donors (Lipinski definition) is 12. The van der Waals surface area contributed by atoms with E-state index in [4.69, 9.17) is 48.1 Å². The van der Waals surface area contributed by atoms with E-state index in [0.29, 0.717) is 0 Å². The Labute approximate surface area is 251 Å². The molecule has 0 amide bonds. The van der Waals surface area contributed by atoms with Crippen LogP contribution in [0.4, 0.5) is 0 Å². The molecule has 0 unspecified atom stereocenters.